The van der Waals surface area contributed by atoms with Crippen molar-refractivity contribution in [3.05, 3.63) is 67.8 Å². The van der Waals surface area contributed by atoms with Gasteiger partial charge in [0, 0.05) is 0 Å². The highest BCUT2D eigenvalue weighted by atomic mass is 127. The summed E-state index contributed by atoms with van der Waals surface area (Å²) >= 11 is 35.3. The van der Waals surface area contributed by atoms with Crippen molar-refractivity contribution in [2.24, 2.45) is 0 Å². The third-order valence-electron chi connectivity index (χ3n) is 3.51. The number of halogens is 7. The molecule has 0 radical (unpaired) electrons. The van der Waals surface area contributed by atoms with Crippen LogP contribution in [0.2, 0.25) is 0 Å². The van der Waals surface area contributed by atoms with Crippen LogP contribution < -0.4 is 21.2 Å². The molecule has 0 atom stereocenters. The van der Waals surface area contributed by atoms with Crippen molar-refractivity contribution in [1.29, 1.82) is 0 Å². The molecule has 25 heavy (non-hydrogen) atoms. The lowest BCUT2D eigenvalue weighted by Crippen LogP contribution is -3.61. The number of alkyl halides is 6. The van der Waals surface area contributed by atoms with Gasteiger partial charge in [0.15, 0.2) is 7.14 Å². The lowest BCUT2D eigenvalue weighted by molar-refractivity contribution is -0.597. The van der Waals surface area contributed by atoms with Gasteiger partial charge in [-0.3, -0.25) is 0 Å². The van der Waals surface area contributed by atoms with E-state index >= 15 is 0 Å². The molecule has 0 nitrogen and oxygen atoms in total. The molecular weight excluding hydrogens is 556 g/mol. The van der Waals surface area contributed by atoms with Gasteiger partial charge in [-0.15, -0.1) is 69.6 Å². The summed E-state index contributed by atoms with van der Waals surface area (Å²) < 4.78 is 2.96. The van der Waals surface area contributed by atoms with Gasteiger partial charge < -0.3 is 0 Å². The third-order valence-corrected chi connectivity index (χ3v) is 10.2. The zero-order valence-electron chi connectivity index (χ0n) is 12.9. The second kappa shape index (κ2) is 11.0. The summed E-state index contributed by atoms with van der Waals surface area (Å²) in [6, 6.07) is 21.4. The van der Waals surface area contributed by atoms with Gasteiger partial charge in [0.2, 0.25) is 0 Å². The second-order valence-electron chi connectivity index (χ2n) is 5.35. The molecule has 0 saturated heterocycles. The Hall–Kier alpha value is 0.910. The molecule has 0 amide bonds. The topological polar surface area (TPSA) is 0 Å². The van der Waals surface area contributed by atoms with Crippen LogP contribution in [0.3, 0.4) is 0 Å². The van der Waals surface area contributed by atoms with Gasteiger partial charge in [0.1, 0.15) is 0 Å². The molecule has 1 aliphatic rings. The summed E-state index contributed by atoms with van der Waals surface area (Å²) in [4.78, 5) is 0. The van der Waals surface area contributed by atoms with E-state index in [1.165, 1.54) is 7.14 Å². The van der Waals surface area contributed by atoms with E-state index < -0.39 is 32.3 Å². The van der Waals surface area contributed by atoms with Gasteiger partial charge in [-0.05, 0) is 24.3 Å². The second-order valence-corrected chi connectivity index (χ2v) is 11.4. The van der Waals surface area contributed by atoms with Gasteiger partial charge in [0.05, 0.1) is 32.3 Å². The van der Waals surface area contributed by atoms with Gasteiger partial charge in [0.25, 0.3) is 0 Å². The van der Waals surface area contributed by atoms with Crippen LogP contribution in [0, 0.1) is 7.14 Å². The highest BCUT2D eigenvalue weighted by Crippen LogP contribution is 2.39. The number of rotatable bonds is 2. The standard InChI is InChI=1S/C12H10I.C6H6Cl6/c1-3-7-11(8-4-1)13-12-9-5-2-6-10-12;7-1-2(8)4(10)6(12)5(11)3(1)9/h1-10H;1-6H/q+1;. The van der Waals surface area contributed by atoms with Crippen molar-refractivity contribution in [3.8, 4) is 0 Å². The first kappa shape index (κ1) is 22.2. The van der Waals surface area contributed by atoms with E-state index in [4.69, 9.17) is 69.6 Å². The first-order valence-corrected chi connectivity index (χ1v) is 12.3. The van der Waals surface area contributed by atoms with Crippen LogP contribution in [-0.4, -0.2) is 32.3 Å². The summed E-state index contributed by atoms with van der Waals surface area (Å²) in [7, 11) is 0. The molecule has 0 aliphatic heterocycles. The zero-order chi connectivity index (χ0) is 18.4. The van der Waals surface area contributed by atoms with Crippen LogP contribution in [0.5, 0.6) is 0 Å². The molecule has 3 rings (SSSR count). The minimum absolute atomic E-state index is 0.0287. The Bertz CT molecular complexity index is 530. The summed E-state index contributed by atoms with van der Waals surface area (Å²) in [5.74, 6) is 0. The Kier molecular flexibility index (Phi) is 9.81. The van der Waals surface area contributed by atoms with Crippen LogP contribution in [0.15, 0.2) is 60.7 Å². The molecule has 1 aliphatic carbocycles. The van der Waals surface area contributed by atoms with Crippen LogP contribution in [0.1, 0.15) is 0 Å². The number of hydrogen-bond acceptors (Lipinski definition) is 0. The van der Waals surface area contributed by atoms with Crippen molar-refractivity contribution in [2.75, 3.05) is 0 Å². The average molecular weight is 572 g/mol. The van der Waals surface area contributed by atoms with Crippen molar-refractivity contribution in [1.82, 2.24) is 0 Å². The first-order valence-electron chi connectivity index (χ1n) is 7.51. The Morgan fingerprint density at radius 3 is 0.920 bits per heavy atom. The van der Waals surface area contributed by atoms with Crippen LogP contribution in [0.25, 0.3) is 0 Å². The molecule has 0 aromatic heterocycles. The van der Waals surface area contributed by atoms with Crippen LogP contribution >= 0.6 is 69.6 Å². The number of benzene rings is 2. The summed E-state index contributed by atoms with van der Waals surface area (Å²) in [6.07, 6.45) is 0. The molecule has 2 aromatic rings. The minimum atomic E-state index is -0.437. The average Bonchev–Trinajstić information content (AvgIpc) is 2.65. The maximum absolute atomic E-state index is 5.88. The van der Waals surface area contributed by atoms with Gasteiger partial charge >= 0.3 is 21.2 Å². The molecular formula is C18H16Cl6I+. The van der Waals surface area contributed by atoms with E-state index in [1.54, 1.807) is 0 Å². The molecule has 1 saturated carbocycles. The maximum Gasteiger partial charge on any atom is 0.357 e. The monoisotopic (exact) mass is 569 g/mol. The van der Waals surface area contributed by atoms with E-state index in [2.05, 4.69) is 60.7 Å². The van der Waals surface area contributed by atoms with E-state index in [9.17, 15) is 0 Å². The smallest absolute Gasteiger partial charge is 0.120 e. The third kappa shape index (κ3) is 6.48. The molecule has 0 unspecified atom stereocenters. The predicted molar refractivity (Wildman–Crippen MR) is 108 cm³/mol. The number of hydrogen-bond donors (Lipinski definition) is 0. The molecule has 0 N–H and O–H groups in total. The molecule has 7 heteroatoms. The fourth-order valence-electron chi connectivity index (χ4n) is 2.14. The highest BCUT2D eigenvalue weighted by molar-refractivity contribution is 6.45. The molecule has 0 heterocycles. The zero-order valence-corrected chi connectivity index (χ0v) is 19.6. The van der Waals surface area contributed by atoms with E-state index in [1.807, 2.05) is 0 Å². The summed E-state index contributed by atoms with van der Waals surface area (Å²) in [5.41, 5.74) is 0. The van der Waals surface area contributed by atoms with Gasteiger partial charge in [-0.25, -0.2) is 0 Å². The summed E-state index contributed by atoms with van der Waals surface area (Å²) in [5, 5.41) is -2.62. The lowest BCUT2D eigenvalue weighted by atomic mass is 9.97. The predicted octanol–water partition coefficient (Wildman–Crippen LogP) is 3.46. The maximum atomic E-state index is 5.88. The van der Waals surface area contributed by atoms with Crippen molar-refractivity contribution < 1.29 is 21.2 Å². The van der Waals surface area contributed by atoms with Crippen molar-refractivity contribution in [2.45, 2.75) is 32.3 Å². The Morgan fingerprint density at radius 1 is 0.440 bits per heavy atom. The normalized spacial score (nSPS) is 31.8. The Labute approximate surface area is 189 Å². The van der Waals surface area contributed by atoms with Crippen molar-refractivity contribution in [3.63, 3.8) is 0 Å². The fraction of sp³-hybridized carbons (Fsp3) is 0.333. The van der Waals surface area contributed by atoms with Crippen LogP contribution in [-0.2, 0) is 0 Å². The molecule has 0 spiro atoms. The van der Waals surface area contributed by atoms with E-state index in [-0.39, 0.29) is 21.2 Å². The van der Waals surface area contributed by atoms with E-state index in [0.29, 0.717) is 0 Å². The SMILES string of the molecule is ClC1C(Cl)C(Cl)C(Cl)C(Cl)C1Cl.c1ccc([I+]c2ccccc2)cc1. The minimum Gasteiger partial charge on any atom is -0.120 e. The molecule has 1 fully saturated rings. The van der Waals surface area contributed by atoms with Crippen LogP contribution in [0.4, 0.5) is 0 Å². The van der Waals surface area contributed by atoms with Gasteiger partial charge in [-0.1, -0.05) is 36.4 Å². The Morgan fingerprint density at radius 2 is 0.680 bits per heavy atom. The van der Waals surface area contributed by atoms with Crippen molar-refractivity contribution >= 4 is 69.6 Å². The largest absolute Gasteiger partial charge is 0.357 e. The summed E-state index contributed by atoms with van der Waals surface area (Å²) in [6.45, 7) is 0. The highest BCUT2D eigenvalue weighted by Gasteiger charge is 2.46. The van der Waals surface area contributed by atoms with Gasteiger partial charge in [-0.2, -0.15) is 0 Å². The molecule has 136 valence electrons. The molecule has 0 bridgehead atoms. The molecule has 2 aromatic carbocycles. The lowest BCUT2D eigenvalue weighted by Gasteiger charge is -2.37. The van der Waals surface area contributed by atoms with E-state index in [0.717, 1.165) is 0 Å². The Balaban J connectivity index is 0.000000181. The quantitative estimate of drug-likeness (QED) is 0.383. The fourth-order valence-corrected chi connectivity index (χ4v) is 6.73. The first-order chi connectivity index (χ1) is 11.9.